The maximum Gasteiger partial charge on any atom is 0.183 e. The van der Waals surface area contributed by atoms with Crippen LogP contribution in [0.5, 0.6) is 0 Å². The number of benzene rings is 1. The van der Waals surface area contributed by atoms with Crippen LogP contribution in [0, 0.1) is 0 Å². The van der Waals surface area contributed by atoms with Gasteiger partial charge in [-0.2, -0.15) is 0 Å². The molecule has 2 aromatic rings. The molecule has 1 aliphatic rings. The summed E-state index contributed by atoms with van der Waals surface area (Å²) in [6.07, 6.45) is 0. The van der Waals surface area contributed by atoms with Crippen molar-refractivity contribution in [2.45, 2.75) is 19.9 Å². The van der Waals surface area contributed by atoms with E-state index >= 15 is 0 Å². The summed E-state index contributed by atoms with van der Waals surface area (Å²) in [5, 5.41) is 4.55. The van der Waals surface area contributed by atoms with Crippen molar-refractivity contribution in [1.29, 1.82) is 0 Å². The number of para-hydroxylation sites is 1. The smallest absolute Gasteiger partial charge is 0.183 e. The van der Waals surface area contributed by atoms with Gasteiger partial charge in [-0.15, -0.1) is 0 Å². The van der Waals surface area contributed by atoms with Crippen molar-refractivity contribution in [3.63, 3.8) is 0 Å². The van der Waals surface area contributed by atoms with Crippen LogP contribution in [-0.4, -0.2) is 60.1 Å². The molecule has 1 atom stereocenters. The van der Waals surface area contributed by atoms with Gasteiger partial charge in [0.25, 0.3) is 0 Å². The molecule has 1 saturated heterocycles. The quantitative estimate of drug-likeness (QED) is 0.920. The van der Waals surface area contributed by atoms with Crippen LogP contribution in [0.3, 0.4) is 0 Å². The summed E-state index contributed by atoms with van der Waals surface area (Å²) in [6.45, 7) is 11.4. The molecule has 0 spiro atoms. The Balaban J connectivity index is 1.52. The summed E-state index contributed by atoms with van der Waals surface area (Å²) in [4.78, 5) is 9.73. The molecule has 114 valence electrons. The minimum Gasteiger partial charge on any atom is -0.360 e. The number of piperazine rings is 1. The SMILES string of the molecule is CCN1CCN([C@H](C)CNc2nc3ccccc3s2)CC1. The van der Waals surface area contributed by atoms with Crippen LogP contribution in [0.1, 0.15) is 13.8 Å². The Bertz CT molecular complexity index is 541. The van der Waals surface area contributed by atoms with E-state index in [1.54, 1.807) is 11.3 Å². The number of aromatic nitrogens is 1. The normalized spacial score (nSPS) is 19.0. The lowest BCUT2D eigenvalue weighted by atomic mass is 10.2. The van der Waals surface area contributed by atoms with Gasteiger partial charge in [-0.1, -0.05) is 30.4 Å². The summed E-state index contributed by atoms with van der Waals surface area (Å²) >= 11 is 1.74. The lowest BCUT2D eigenvalue weighted by Crippen LogP contribution is -2.50. The van der Waals surface area contributed by atoms with Crippen molar-refractivity contribution in [3.05, 3.63) is 24.3 Å². The first-order chi connectivity index (χ1) is 10.3. The zero-order chi connectivity index (χ0) is 14.7. The average Bonchev–Trinajstić information content (AvgIpc) is 2.95. The summed E-state index contributed by atoms with van der Waals surface area (Å²) in [7, 11) is 0. The number of hydrogen-bond donors (Lipinski definition) is 1. The third-order valence-electron chi connectivity index (χ3n) is 4.32. The molecule has 4 nitrogen and oxygen atoms in total. The van der Waals surface area contributed by atoms with Gasteiger partial charge >= 0.3 is 0 Å². The Labute approximate surface area is 130 Å². The van der Waals surface area contributed by atoms with Gasteiger partial charge < -0.3 is 10.2 Å². The van der Waals surface area contributed by atoms with E-state index in [0.717, 1.165) is 17.2 Å². The Morgan fingerprint density at radius 3 is 2.71 bits per heavy atom. The second-order valence-electron chi connectivity index (χ2n) is 5.69. The van der Waals surface area contributed by atoms with Gasteiger partial charge in [-0.05, 0) is 25.6 Å². The van der Waals surface area contributed by atoms with Gasteiger partial charge in [-0.3, -0.25) is 4.90 Å². The molecule has 5 heteroatoms. The fraction of sp³-hybridized carbons (Fsp3) is 0.562. The number of nitrogens with zero attached hydrogens (tertiary/aromatic N) is 3. The number of nitrogens with one attached hydrogen (secondary N) is 1. The number of hydrogen-bond acceptors (Lipinski definition) is 5. The second kappa shape index (κ2) is 6.73. The highest BCUT2D eigenvalue weighted by Crippen LogP contribution is 2.25. The molecule has 1 N–H and O–H groups in total. The van der Waals surface area contributed by atoms with E-state index in [4.69, 9.17) is 0 Å². The van der Waals surface area contributed by atoms with Gasteiger partial charge in [0, 0.05) is 38.8 Å². The number of thiazole rings is 1. The largest absolute Gasteiger partial charge is 0.360 e. The van der Waals surface area contributed by atoms with E-state index in [1.165, 1.54) is 37.4 Å². The summed E-state index contributed by atoms with van der Waals surface area (Å²) in [6, 6.07) is 8.87. The maximum absolute atomic E-state index is 4.64. The molecule has 3 rings (SSSR count). The summed E-state index contributed by atoms with van der Waals surface area (Å²) in [5.74, 6) is 0. The molecule has 2 heterocycles. The monoisotopic (exact) mass is 304 g/mol. The molecule has 0 unspecified atom stereocenters. The molecule has 0 aliphatic carbocycles. The Kier molecular flexibility index (Phi) is 4.73. The van der Waals surface area contributed by atoms with E-state index in [0.29, 0.717) is 6.04 Å². The van der Waals surface area contributed by atoms with E-state index in [9.17, 15) is 0 Å². The molecule has 1 fully saturated rings. The van der Waals surface area contributed by atoms with Gasteiger partial charge in [0.05, 0.1) is 10.2 Å². The highest BCUT2D eigenvalue weighted by molar-refractivity contribution is 7.22. The molecule has 1 aromatic heterocycles. The fourth-order valence-corrected chi connectivity index (χ4v) is 3.70. The van der Waals surface area contributed by atoms with E-state index in [-0.39, 0.29) is 0 Å². The first-order valence-electron chi connectivity index (χ1n) is 7.82. The minimum atomic E-state index is 0.552. The predicted octanol–water partition coefficient (Wildman–Crippen LogP) is 2.73. The van der Waals surface area contributed by atoms with Crippen LogP contribution in [0.2, 0.25) is 0 Å². The Morgan fingerprint density at radius 1 is 1.24 bits per heavy atom. The first-order valence-corrected chi connectivity index (χ1v) is 8.63. The van der Waals surface area contributed by atoms with E-state index < -0.39 is 0 Å². The van der Waals surface area contributed by atoms with Crippen molar-refractivity contribution in [3.8, 4) is 0 Å². The lowest BCUT2D eigenvalue weighted by molar-refractivity contribution is 0.110. The van der Waals surface area contributed by atoms with Gasteiger partial charge in [-0.25, -0.2) is 4.98 Å². The zero-order valence-corrected chi connectivity index (χ0v) is 13.7. The second-order valence-corrected chi connectivity index (χ2v) is 6.72. The highest BCUT2D eigenvalue weighted by atomic mass is 32.1. The molecule has 0 radical (unpaired) electrons. The van der Waals surface area contributed by atoms with Crippen molar-refractivity contribution >= 4 is 26.7 Å². The van der Waals surface area contributed by atoms with Gasteiger partial charge in [0.1, 0.15) is 0 Å². The number of rotatable bonds is 5. The van der Waals surface area contributed by atoms with E-state index in [1.807, 2.05) is 6.07 Å². The Morgan fingerprint density at radius 2 is 2.00 bits per heavy atom. The topological polar surface area (TPSA) is 31.4 Å². The zero-order valence-electron chi connectivity index (χ0n) is 12.9. The average molecular weight is 304 g/mol. The molecular weight excluding hydrogens is 280 g/mol. The molecule has 21 heavy (non-hydrogen) atoms. The maximum atomic E-state index is 4.64. The summed E-state index contributed by atoms with van der Waals surface area (Å²) < 4.78 is 1.25. The number of likely N-dealkylation sites (N-methyl/N-ethyl adjacent to an activating group) is 1. The Hall–Kier alpha value is -1.17. The number of fused-ring (bicyclic) bond motifs is 1. The van der Waals surface area contributed by atoms with Crippen molar-refractivity contribution in [1.82, 2.24) is 14.8 Å². The molecular formula is C16H24N4S. The van der Waals surface area contributed by atoms with Crippen molar-refractivity contribution < 1.29 is 0 Å². The van der Waals surface area contributed by atoms with Crippen LogP contribution >= 0.6 is 11.3 Å². The molecule has 1 aromatic carbocycles. The third-order valence-corrected chi connectivity index (χ3v) is 5.31. The standard InChI is InChI=1S/C16H24N4S/c1-3-19-8-10-20(11-9-19)13(2)12-17-16-18-14-6-4-5-7-15(14)21-16/h4-7,13H,3,8-12H2,1-2H3,(H,17,18)/t13-/m1/s1. The van der Waals surface area contributed by atoms with Gasteiger partial charge in [0.15, 0.2) is 5.13 Å². The van der Waals surface area contributed by atoms with Crippen molar-refractivity contribution in [2.24, 2.45) is 0 Å². The van der Waals surface area contributed by atoms with Gasteiger partial charge in [0.2, 0.25) is 0 Å². The molecule has 0 bridgehead atoms. The molecule has 0 saturated carbocycles. The minimum absolute atomic E-state index is 0.552. The third kappa shape index (κ3) is 3.54. The fourth-order valence-electron chi connectivity index (χ4n) is 2.83. The van der Waals surface area contributed by atoms with Crippen LogP contribution in [0.25, 0.3) is 10.2 Å². The highest BCUT2D eigenvalue weighted by Gasteiger charge is 2.20. The van der Waals surface area contributed by atoms with Crippen molar-refractivity contribution in [2.75, 3.05) is 44.6 Å². The first kappa shape index (κ1) is 14.8. The van der Waals surface area contributed by atoms with Crippen LogP contribution in [0.4, 0.5) is 5.13 Å². The molecule has 0 amide bonds. The lowest BCUT2D eigenvalue weighted by Gasteiger charge is -2.37. The molecule has 1 aliphatic heterocycles. The predicted molar refractivity (Wildman–Crippen MR) is 91.3 cm³/mol. The van der Waals surface area contributed by atoms with E-state index in [2.05, 4.69) is 52.1 Å². The van der Waals surface area contributed by atoms with Crippen LogP contribution < -0.4 is 5.32 Å². The van der Waals surface area contributed by atoms with Crippen LogP contribution in [0.15, 0.2) is 24.3 Å². The number of anilines is 1. The summed E-state index contributed by atoms with van der Waals surface area (Å²) in [5.41, 5.74) is 1.09. The van der Waals surface area contributed by atoms with Crippen LogP contribution in [-0.2, 0) is 0 Å².